The van der Waals surface area contributed by atoms with Crippen LogP contribution in [0.25, 0.3) is 11.1 Å². The third kappa shape index (κ3) is 2.44. The van der Waals surface area contributed by atoms with Gasteiger partial charge in [-0.15, -0.1) is 0 Å². The first-order chi connectivity index (χ1) is 8.72. The Bertz CT molecular complexity index is 559. The summed E-state index contributed by atoms with van der Waals surface area (Å²) in [6, 6.07) is 12.7. The number of benzene rings is 2. The van der Waals surface area contributed by atoms with Crippen LogP contribution in [0.4, 0.5) is 0 Å². The van der Waals surface area contributed by atoms with E-state index in [1.54, 1.807) is 18.2 Å². The van der Waals surface area contributed by atoms with Crippen LogP contribution in [0.3, 0.4) is 0 Å². The predicted molar refractivity (Wildman–Crippen MR) is 72.2 cm³/mol. The van der Waals surface area contributed by atoms with Gasteiger partial charge in [0.2, 0.25) is 0 Å². The summed E-state index contributed by atoms with van der Waals surface area (Å²) in [7, 11) is 0. The van der Waals surface area contributed by atoms with Crippen LogP contribution in [0.1, 0.15) is 12.8 Å². The first-order valence-electron chi connectivity index (χ1n) is 5.98. The normalized spacial score (nSPS) is 14.5. The van der Waals surface area contributed by atoms with E-state index >= 15 is 0 Å². The van der Waals surface area contributed by atoms with Gasteiger partial charge in [-0.05, 0) is 48.7 Å². The lowest BCUT2D eigenvalue weighted by molar-refractivity contribution is 0.303. The van der Waals surface area contributed by atoms with E-state index in [1.165, 1.54) is 0 Å². The molecular formula is C15H13ClO2. The van der Waals surface area contributed by atoms with E-state index in [9.17, 15) is 5.11 Å². The van der Waals surface area contributed by atoms with Crippen LogP contribution < -0.4 is 4.74 Å². The zero-order chi connectivity index (χ0) is 12.5. The Balaban J connectivity index is 1.88. The summed E-state index contributed by atoms with van der Waals surface area (Å²) in [5.74, 6) is 1.11. The average Bonchev–Trinajstić information content (AvgIpc) is 3.17. The summed E-state index contributed by atoms with van der Waals surface area (Å²) >= 11 is 5.94. The molecule has 0 aromatic heterocycles. The number of phenols is 1. The lowest BCUT2D eigenvalue weighted by atomic mass is 10.0. The van der Waals surface area contributed by atoms with Gasteiger partial charge >= 0.3 is 0 Å². The summed E-state index contributed by atoms with van der Waals surface area (Å²) < 4.78 is 5.68. The molecule has 1 aliphatic rings. The van der Waals surface area contributed by atoms with Crippen molar-refractivity contribution in [3.05, 3.63) is 47.5 Å². The maximum atomic E-state index is 9.82. The van der Waals surface area contributed by atoms with Gasteiger partial charge in [-0.3, -0.25) is 0 Å². The molecule has 0 radical (unpaired) electrons. The summed E-state index contributed by atoms with van der Waals surface area (Å²) in [6.07, 6.45) is 2.70. The second-order valence-electron chi connectivity index (χ2n) is 4.50. The fourth-order valence-corrected chi connectivity index (χ4v) is 2.00. The molecule has 1 fully saturated rings. The number of rotatable bonds is 3. The highest BCUT2D eigenvalue weighted by Crippen LogP contribution is 2.33. The van der Waals surface area contributed by atoms with Crippen LogP contribution in [-0.4, -0.2) is 11.2 Å². The molecule has 0 unspecified atom stereocenters. The third-order valence-electron chi connectivity index (χ3n) is 2.95. The molecule has 0 atom stereocenters. The third-order valence-corrected chi connectivity index (χ3v) is 3.19. The van der Waals surface area contributed by atoms with Gasteiger partial charge < -0.3 is 9.84 Å². The van der Waals surface area contributed by atoms with Crippen LogP contribution in [-0.2, 0) is 0 Å². The van der Waals surface area contributed by atoms with Gasteiger partial charge in [-0.1, -0.05) is 23.7 Å². The van der Waals surface area contributed by atoms with Crippen LogP contribution in [0.2, 0.25) is 5.02 Å². The highest BCUT2D eigenvalue weighted by atomic mass is 35.5. The minimum absolute atomic E-state index is 0.232. The Morgan fingerprint density at radius 2 is 1.78 bits per heavy atom. The number of hydrogen-bond acceptors (Lipinski definition) is 2. The minimum atomic E-state index is 0.232. The van der Waals surface area contributed by atoms with Crippen LogP contribution in [0, 0.1) is 0 Å². The molecule has 0 bridgehead atoms. The summed E-state index contributed by atoms with van der Waals surface area (Å²) in [6.45, 7) is 0. The van der Waals surface area contributed by atoms with Crippen LogP contribution >= 0.6 is 11.6 Å². The van der Waals surface area contributed by atoms with Crippen molar-refractivity contribution in [3.63, 3.8) is 0 Å². The monoisotopic (exact) mass is 260 g/mol. The number of halogens is 1. The number of ether oxygens (including phenoxy) is 1. The maximum absolute atomic E-state index is 9.82. The molecule has 0 aliphatic heterocycles. The molecule has 2 aromatic rings. The molecule has 3 heteroatoms. The molecule has 0 amide bonds. The Labute approximate surface area is 111 Å². The van der Waals surface area contributed by atoms with E-state index in [4.69, 9.17) is 16.3 Å². The topological polar surface area (TPSA) is 29.5 Å². The first kappa shape index (κ1) is 11.4. The largest absolute Gasteiger partial charge is 0.507 e. The fourth-order valence-electron chi connectivity index (χ4n) is 1.83. The van der Waals surface area contributed by atoms with Crippen molar-refractivity contribution in [3.8, 4) is 22.6 Å². The van der Waals surface area contributed by atoms with Gasteiger partial charge in [0.05, 0.1) is 6.10 Å². The summed E-state index contributed by atoms with van der Waals surface area (Å²) in [4.78, 5) is 0. The van der Waals surface area contributed by atoms with Crippen molar-refractivity contribution in [1.29, 1.82) is 0 Å². The van der Waals surface area contributed by atoms with Crippen molar-refractivity contribution in [2.75, 3.05) is 0 Å². The van der Waals surface area contributed by atoms with E-state index in [-0.39, 0.29) is 5.75 Å². The van der Waals surface area contributed by atoms with E-state index in [0.29, 0.717) is 11.1 Å². The van der Waals surface area contributed by atoms with E-state index < -0.39 is 0 Å². The molecule has 2 nitrogen and oxygen atoms in total. The standard InChI is InChI=1S/C15H13ClO2/c16-11-3-8-15(17)14(9-11)10-1-4-12(5-2-10)18-13-6-7-13/h1-5,8-9,13,17H,6-7H2. The quantitative estimate of drug-likeness (QED) is 0.894. The van der Waals surface area contributed by atoms with Crippen molar-refractivity contribution < 1.29 is 9.84 Å². The molecule has 0 saturated heterocycles. The molecule has 0 spiro atoms. The molecule has 0 heterocycles. The summed E-state index contributed by atoms with van der Waals surface area (Å²) in [5.41, 5.74) is 1.67. The van der Waals surface area contributed by atoms with Crippen molar-refractivity contribution in [2.24, 2.45) is 0 Å². The Morgan fingerprint density at radius 1 is 1.06 bits per heavy atom. The fraction of sp³-hybridized carbons (Fsp3) is 0.200. The van der Waals surface area contributed by atoms with Crippen LogP contribution in [0.5, 0.6) is 11.5 Å². The predicted octanol–water partition coefficient (Wildman–Crippen LogP) is 4.25. The van der Waals surface area contributed by atoms with Gasteiger partial charge in [-0.25, -0.2) is 0 Å². The molecule has 2 aromatic carbocycles. The SMILES string of the molecule is Oc1ccc(Cl)cc1-c1ccc(OC2CC2)cc1. The molecule has 1 aliphatic carbocycles. The molecule has 92 valence electrons. The number of aromatic hydroxyl groups is 1. The second kappa shape index (κ2) is 4.54. The Kier molecular flexibility index (Phi) is 2.88. The minimum Gasteiger partial charge on any atom is -0.507 e. The van der Waals surface area contributed by atoms with Gasteiger partial charge in [0.15, 0.2) is 0 Å². The number of phenolic OH excluding ortho intramolecular Hbond substituents is 1. The zero-order valence-electron chi connectivity index (χ0n) is 9.77. The lowest BCUT2D eigenvalue weighted by Gasteiger charge is -2.08. The average molecular weight is 261 g/mol. The summed E-state index contributed by atoms with van der Waals surface area (Å²) in [5, 5.41) is 10.4. The van der Waals surface area contributed by atoms with E-state index in [2.05, 4.69) is 0 Å². The smallest absolute Gasteiger partial charge is 0.123 e. The molecule has 3 rings (SSSR count). The van der Waals surface area contributed by atoms with Gasteiger partial charge in [0, 0.05) is 10.6 Å². The van der Waals surface area contributed by atoms with Gasteiger partial charge in [0.1, 0.15) is 11.5 Å². The van der Waals surface area contributed by atoms with Crippen molar-refractivity contribution >= 4 is 11.6 Å². The molecule has 1 N–H and O–H groups in total. The first-order valence-corrected chi connectivity index (χ1v) is 6.36. The Morgan fingerprint density at radius 3 is 2.44 bits per heavy atom. The molecule has 1 saturated carbocycles. The maximum Gasteiger partial charge on any atom is 0.123 e. The number of hydrogen-bond donors (Lipinski definition) is 1. The molecular weight excluding hydrogens is 248 g/mol. The van der Waals surface area contributed by atoms with Gasteiger partial charge in [-0.2, -0.15) is 0 Å². The van der Waals surface area contributed by atoms with Crippen molar-refractivity contribution in [2.45, 2.75) is 18.9 Å². The van der Waals surface area contributed by atoms with Gasteiger partial charge in [0.25, 0.3) is 0 Å². The van der Waals surface area contributed by atoms with Crippen molar-refractivity contribution in [1.82, 2.24) is 0 Å². The Hall–Kier alpha value is -1.67. The van der Waals surface area contributed by atoms with E-state index in [0.717, 1.165) is 29.7 Å². The highest BCUT2D eigenvalue weighted by Gasteiger charge is 2.23. The van der Waals surface area contributed by atoms with E-state index in [1.807, 2.05) is 24.3 Å². The molecule has 18 heavy (non-hydrogen) atoms. The second-order valence-corrected chi connectivity index (χ2v) is 4.94. The lowest BCUT2D eigenvalue weighted by Crippen LogP contribution is -1.95. The van der Waals surface area contributed by atoms with Crippen LogP contribution in [0.15, 0.2) is 42.5 Å². The highest BCUT2D eigenvalue weighted by molar-refractivity contribution is 6.31. The zero-order valence-corrected chi connectivity index (χ0v) is 10.5.